The first-order valence-corrected chi connectivity index (χ1v) is 6.99. The number of hydrogen-bond donors (Lipinski definition) is 1. The summed E-state index contributed by atoms with van der Waals surface area (Å²) in [6, 6.07) is 4.41. The van der Waals surface area contributed by atoms with Gasteiger partial charge in [-0.2, -0.15) is 0 Å². The molecule has 0 aliphatic rings. The van der Waals surface area contributed by atoms with E-state index in [1.165, 1.54) is 12.1 Å². The lowest BCUT2D eigenvalue weighted by atomic mass is 10.2. The number of rotatable bonds is 3. The third-order valence-electron chi connectivity index (χ3n) is 1.76. The van der Waals surface area contributed by atoms with Gasteiger partial charge >= 0.3 is 5.97 Å². The van der Waals surface area contributed by atoms with E-state index in [9.17, 15) is 13.2 Å². The molecule has 0 saturated heterocycles. The van der Waals surface area contributed by atoms with E-state index in [1.54, 1.807) is 13.0 Å². The van der Waals surface area contributed by atoms with Crippen LogP contribution in [0.15, 0.2) is 23.1 Å². The second-order valence-corrected chi connectivity index (χ2v) is 5.57. The number of nitrogens with two attached hydrogens (primary N) is 1. The van der Waals surface area contributed by atoms with E-state index in [4.69, 9.17) is 9.88 Å². The Labute approximate surface area is 107 Å². The van der Waals surface area contributed by atoms with Gasteiger partial charge < -0.3 is 4.74 Å². The highest BCUT2D eigenvalue weighted by Crippen LogP contribution is 2.21. The van der Waals surface area contributed by atoms with Crippen LogP contribution in [0.4, 0.5) is 0 Å². The Morgan fingerprint density at radius 3 is 2.62 bits per heavy atom. The molecule has 0 spiro atoms. The summed E-state index contributed by atoms with van der Waals surface area (Å²) in [4.78, 5) is 11.4. The molecule has 1 aromatic rings. The van der Waals surface area contributed by atoms with Gasteiger partial charge in [-0.1, -0.05) is 6.07 Å². The van der Waals surface area contributed by atoms with Gasteiger partial charge in [0.2, 0.25) is 10.0 Å². The van der Waals surface area contributed by atoms with Crippen molar-refractivity contribution in [3.8, 4) is 0 Å². The molecule has 0 radical (unpaired) electrons. The van der Waals surface area contributed by atoms with E-state index in [0.29, 0.717) is 3.57 Å². The molecule has 7 heteroatoms. The van der Waals surface area contributed by atoms with Crippen molar-refractivity contribution >= 4 is 38.6 Å². The molecular weight excluding hydrogens is 345 g/mol. The van der Waals surface area contributed by atoms with Gasteiger partial charge in [0.05, 0.1) is 17.1 Å². The van der Waals surface area contributed by atoms with Crippen molar-refractivity contribution in [1.82, 2.24) is 0 Å². The van der Waals surface area contributed by atoms with Gasteiger partial charge in [0.15, 0.2) is 0 Å². The van der Waals surface area contributed by atoms with Gasteiger partial charge in [-0.15, -0.1) is 0 Å². The summed E-state index contributed by atoms with van der Waals surface area (Å²) in [5.41, 5.74) is -0.00699. The summed E-state index contributed by atoms with van der Waals surface area (Å²) in [5.74, 6) is -0.684. The van der Waals surface area contributed by atoms with E-state index >= 15 is 0 Å². The summed E-state index contributed by atoms with van der Waals surface area (Å²) in [6.07, 6.45) is 0. The van der Waals surface area contributed by atoms with E-state index < -0.39 is 16.0 Å². The Balaban J connectivity index is 3.41. The Morgan fingerprint density at radius 1 is 1.50 bits per heavy atom. The minimum absolute atomic E-state index is 0.00699. The molecule has 0 bridgehead atoms. The molecular formula is C9H10INO4S. The van der Waals surface area contributed by atoms with Crippen LogP contribution in [0.1, 0.15) is 17.3 Å². The van der Waals surface area contributed by atoms with Gasteiger partial charge in [0.1, 0.15) is 0 Å². The van der Waals surface area contributed by atoms with Crippen LogP contribution < -0.4 is 5.14 Å². The first-order chi connectivity index (χ1) is 7.38. The zero-order valence-corrected chi connectivity index (χ0v) is 11.4. The van der Waals surface area contributed by atoms with Crippen molar-refractivity contribution in [2.45, 2.75) is 11.8 Å². The Bertz CT molecular complexity index is 512. The van der Waals surface area contributed by atoms with Crippen LogP contribution in [0.5, 0.6) is 0 Å². The molecule has 5 nitrogen and oxygen atoms in total. The Morgan fingerprint density at radius 2 is 2.12 bits per heavy atom. The molecule has 2 N–H and O–H groups in total. The summed E-state index contributed by atoms with van der Waals surface area (Å²) in [7, 11) is -3.92. The van der Waals surface area contributed by atoms with Crippen LogP contribution in [0.25, 0.3) is 0 Å². The van der Waals surface area contributed by atoms with Gasteiger partial charge in [-0.05, 0) is 41.6 Å². The molecule has 0 aliphatic heterocycles. The van der Waals surface area contributed by atoms with E-state index in [-0.39, 0.29) is 17.1 Å². The molecule has 88 valence electrons. The molecule has 0 amide bonds. The Hall–Kier alpha value is -0.670. The van der Waals surface area contributed by atoms with Crippen LogP contribution in [0, 0.1) is 3.57 Å². The maximum absolute atomic E-state index is 11.6. The molecule has 1 aromatic carbocycles. The zero-order valence-electron chi connectivity index (χ0n) is 8.44. The summed E-state index contributed by atoms with van der Waals surface area (Å²) in [6.45, 7) is 1.82. The summed E-state index contributed by atoms with van der Waals surface area (Å²) >= 11 is 1.86. The minimum atomic E-state index is -3.92. The van der Waals surface area contributed by atoms with Crippen molar-refractivity contribution in [3.05, 3.63) is 27.3 Å². The SMILES string of the molecule is CCOC(=O)c1c(I)cccc1S(N)(=O)=O. The monoisotopic (exact) mass is 355 g/mol. The highest BCUT2D eigenvalue weighted by molar-refractivity contribution is 14.1. The smallest absolute Gasteiger partial charge is 0.340 e. The van der Waals surface area contributed by atoms with Crippen LogP contribution >= 0.6 is 22.6 Å². The molecule has 1 rings (SSSR count). The highest BCUT2D eigenvalue weighted by atomic mass is 127. The van der Waals surface area contributed by atoms with Gasteiger partial charge in [-0.3, -0.25) is 0 Å². The van der Waals surface area contributed by atoms with Crippen molar-refractivity contribution in [1.29, 1.82) is 0 Å². The quantitative estimate of drug-likeness (QED) is 0.650. The van der Waals surface area contributed by atoms with Crippen LogP contribution in [-0.2, 0) is 14.8 Å². The molecule has 0 unspecified atom stereocenters. The standard InChI is InChI=1S/C9H10INO4S/c1-2-15-9(12)8-6(10)4-3-5-7(8)16(11,13)14/h3-5H,2H2,1H3,(H2,11,13,14). The molecule has 16 heavy (non-hydrogen) atoms. The maximum Gasteiger partial charge on any atom is 0.340 e. The fourth-order valence-electron chi connectivity index (χ4n) is 1.14. The average molecular weight is 355 g/mol. The van der Waals surface area contributed by atoms with Gasteiger partial charge in [-0.25, -0.2) is 18.4 Å². The van der Waals surface area contributed by atoms with Crippen molar-refractivity contribution in [2.75, 3.05) is 6.61 Å². The normalized spacial score (nSPS) is 11.2. The predicted molar refractivity (Wildman–Crippen MR) is 66.5 cm³/mol. The van der Waals surface area contributed by atoms with Crippen molar-refractivity contribution in [2.24, 2.45) is 5.14 Å². The number of carbonyl (C=O) groups excluding carboxylic acids is 1. The molecule has 0 atom stereocenters. The number of carbonyl (C=O) groups is 1. The van der Waals surface area contributed by atoms with Crippen LogP contribution in [0.2, 0.25) is 0 Å². The lowest BCUT2D eigenvalue weighted by Gasteiger charge is -2.08. The second kappa shape index (κ2) is 5.11. The largest absolute Gasteiger partial charge is 0.462 e. The first-order valence-electron chi connectivity index (χ1n) is 4.36. The van der Waals surface area contributed by atoms with Gasteiger partial charge in [0.25, 0.3) is 0 Å². The number of benzene rings is 1. The number of esters is 1. The van der Waals surface area contributed by atoms with Crippen LogP contribution in [-0.4, -0.2) is 21.0 Å². The topological polar surface area (TPSA) is 86.5 Å². The van der Waals surface area contributed by atoms with E-state index in [0.717, 1.165) is 0 Å². The minimum Gasteiger partial charge on any atom is -0.462 e. The van der Waals surface area contributed by atoms with Crippen molar-refractivity contribution in [3.63, 3.8) is 0 Å². The third kappa shape index (κ3) is 2.92. The fourth-order valence-corrected chi connectivity index (χ4v) is 2.79. The second-order valence-electron chi connectivity index (χ2n) is 2.88. The number of sulfonamides is 1. The number of halogens is 1. The highest BCUT2D eigenvalue weighted by Gasteiger charge is 2.22. The summed E-state index contributed by atoms with van der Waals surface area (Å²) in [5, 5.41) is 5.02. The predicted octanol–water partition coefficient (Wildman–Crippen LogP) is 1.12. The van der Waals surface area contributed by atoms with Gasteiger partial charge in [0, 0.05) is 3.57 Å². The molecule has 0 aliphatic carbocycles. The van der Waals surface area contributed by atoms with Crippen molar-refractivity contribution < 1.29 is 17.9 Å². The Kier molecular flexibility index (Phi) is 4.28. The third-order valence-corrected chi connectivity index (χ3v) is 3.61. The first kappa shape index (κ1) is 13.4. The van der Waals surface area contributed by atoms with Crippen LogP contribution in [0.3, 0.4) is 0 Å². The molecule has 0 saturated carbocycles. The average Bonchev–Trinajstić information content (AvgIpc) is 2.16. The number of primary sulfonamides is 1. The zero-order chi connectivity index (χ0) is 12.3. The lowest BCUT2D eigenvalue weighted by Crippen LogP contribution is -2.19. The maximum atomic E-state index is 11.6. The fraction of sp³-hybridized carbons (Fsp3) is 0.222. The lowest BCUT2D eigenvalue weighted by molar-refractivity contribution is 0.0520. The summed E-state index contributed by atoms with van der Waals surface area (Å²) < 4.78 is 27.8. The van der Waals surface area contributed by atoms with E-state index in [1.807, 2.05) is 22.6 Å². The molecule has 0 aromatic heterocycles. The number of ether oxygens (including phenoxy) is 1. The van der Waals surface area contributed by atoms with E-state index in [2.05, 4.69) is 0 Å². The number of hydrogen-bond acceptors (Lipinski definition) is 4. The molecule has 0 heterocycles. The molecule has 0 fully saturated rings.